The molecular formula is C25H44BrO4P. The number of phosphoric acid groups is 1. The molecule has 180 valence electrons. The minimum absolute atomic E-state index is 0.221. The van der Waals surface area contributed by atoms with Crippen molar-refractivity contribution in [2.45, 2.75) is 103 Å². The average molecular weight is 520 g/mol. The molecule has 0 spiro atoms. The number of halogens is 1. The van der Waals surface area contributed by atoms with Gasteiger partial charge in [0.05, 0.1) is 19.8 Å². The highest BCUT2D eigenvalue weighted by molar-refractivity contribution is 9.09. The maximum atomic E-state index is 12.8. The number of hydrogen-bond acceptors (Lipinski definition) is 4. The van der Waals surface area contributed by atoms with E-state index >= 15 is 0 Å². The Morgan fingerprint density at radius 2 is 1.16 bits per heavy atom. The maximum absolute atomic E-state index is 12.8. The molecule has 0 aliphatic heterocycles. The highest BCUT2D eigenvalue weighted by Crippen LogP contribution is 2.50. The number of hydrogen-bond donors (Lipinski definition) is 0. The first-order valence-electron chi connectivity index (χ1n) is 12.3. The smallest absolute Gasteiger partial charge is 0.287 e. The van der Waals surface area contributed by atoms with E-state index in [2.05, 4.69) is 22.9 Å². The summed E-state index contributed by atoms with van der Waals surface area (Å²) in [4.78, 5) is 0. The molecule has 6 heteroatoms. The molecule has 1 aromatic rings. The van der Waals surface area contributed by atoms with Gasteiger partial charge >= 0.3 is 7.82 Å². The molecule has 1 aromatic carbocycles. The summed E-state index contributed by atoms with van der Waals surface area (Å²) in [6.45, 7) is 3.20. The van der Waals surface area contributed by atoms with Crippen molar-refractivity contribution in [1.29, 1.82) is 0 Å². The Morgan fingerprint density at radius 1 is 0.677 bits per heavy atom. The van der Waals surface area contributed by atoms with Gasteiger partial charge in [0.15, 0.2) is 0 Å². The van der Waals surface area contributed by atoms with Crippen LogP contribution in [-0.2, 0) is 24.7 Å². The van der Waals surface area contributed by atoms with Crippen molar-refractivity contribution >= 4 is 23.8 Å². The highest BCUT2D eigenvalue weighted by Gasteiger charge is 2.26. The van der Waals surface area contributed by atoms with E-state index in [1.165, 1.54) is 77.0 Å². The van der Waals surface area contributed by atoms with E-state index in [4.69, 9.17) is 13.6 Å². The standard InChI is InChI=1S/C25H44BrO4P/c1-2-3-4-5-6-7-8-9-10-11-12-13-14-18-22-28-31(27,29-23-21-26)30-24-25-19-16-15-17-20-25/h15-17,19-20H,2-14,18,21-24H2,1H3. The van der Waals surface area contributed by atoms with Crippen molar-refractivity contribution in [3.05, 3.63) is 35.9 Å². The number of phosphoric ester groups is 1. The van der Waals surface area contributed by atoms with E-state index in [0.717, 1.165) is 18.4 Å². The van der Waals surface area contributed by atoms with Gasteiger partial charge in [-0.2, -0.15) is 0 Å². The number of rotatable bonds is 22. The lowest BCUT2D eigenvalue weighted by Crippen LogP contribution is -2.04. The van der Waals surface area contributed by atoms with Crippen molar-refractivity contribution < 1.29 is 18.1 Å². The predicted molar refractivity (Wildman–Crippen MR) is 135 cm³/mol. The summed E-state index contributed by atoms with van der Waals surface area (Å²) in [7, 11) is -3.52. The Labute approximate surface area is 199 Å². The molecule has 0 radical (unpaired) electrons. The van der Waals surface area contributed by atoms with Crippen LogP contribution in [0.3, 0.4) is 0 Å². The minimum atomic E-state index is -3.52. The molecule has 0 N–H and O–H groups in total. The fourth-order valence-electron chi connectivity index (χ4n) is 3.46. The normalized spacial score (nSPS) is 13.4. The third-order valence-electron chi connectivity index (χ3n) is 5.31. The van der Waals surface area contributed by atoms with Crippen LogP contribution in [0, 0.1) is 0 Å². The second kappa shape index (κ2) is 20.4. The summed E-state index contributed by atoms with van der Waals surface area (Å²) < 4.78 is 29.3. The monoisotopic (exact) mass is 518 g/mol. The minimum Gasteiger partial charge on any atom is -0.287 e. The van der Waals surface area contributed by atoms with Crippen LogP contribution in [0.4, 0.5) is 0 Å². The van der Waals surface area contributed by atoms with E-state index < -0.39 is 7.82 Å². The number of alkyl halides is 1. The lowest BCUT2D eigenvalue weighted by molar-refractivity contribution is 0.111. The summed E-state index contributed by atoms with van der Waals surface area (Å²) in [5.74, 6) is 0. The van der Waals surface area contributed by atoms with E-state index in [1.54, 1.807) is 0 Å². The zero-order chi connectivity index (χ0) is 22.5. The Kier molecular flexibility index (Phi) is 19.0. The topological polar surface area (TPSA) is 44.8 Å². The van der Waals surface area contributed by atoms with Crippen LogP contribution in [0.15, 0.2) is 30.3 Å². The van der Waals surface area contributed by atoms with E-state index in [9.17, 15) is 4.57 Å². The molecule has 0 saturated carbocycles. The van der Waals surface area contributed by atoms with Gasteiger partial charge in [-0.15, -0.1) is 0 Å². The van der Waals surface area contributed by atoms with E-state index in [0.29, 0.717) is 18.5 Å². The Bertz CT molecular complexity index is 556. The molecule has 1 unspecified atom stereocenters. The average Bonchev–Trinajstić information content (AvgIpc) is 2.80. The van der Waals surface area contributed by atoms with Gasteiger partial charge in [-0.3, -0.25) is 13.6 Å². The van der Waals surface area contributed by atoms with Gasteiger partial charge in [-0.1, -0.05) is 137 Å². The van der Waals surface area contributed by atoms with Crippen LogP contribution >= 0.6 is 23.8 Å². The van der Waals surface area contributed by atoms with Crippen molar-refractivity contribution in [2.75, 3.05) is 18.5 Å². The van der Waals surface area contributed by atoms with Crippen LogP contribution in [0.25, 0.3) is 0 Å². The van der Waals surface area contributed by atoms with Gasteiger partial charge in [-0.05, 0) is 12.0 Å². The Morgan fingerprint density at radius 3 is 1.68 bits per heavy atom. The van der Waals surface area contributed by atoms with Gasteiger partial charge < -0.3 is 0 Å². The molecule has 31 heavy (non-hydrogen) atoms. The molecule has 4 nitrogen and oxygen atoms in total. The molecule has 0 heterocycles. The van der Waals surface area contributed by atoms with Gasteiger partial charge in [0, 0.05) is 5.33 Å². The van der Waals surface area contributed by atoms with Gasteiger partial charge in [-0.25, -0.2) is 4.57 Å². The molecule has 0 aliphatic rings. The van der Waals surface area contributed by atoms with Crippen molar-refractivity contribution in [3.8, 4) is 0 Å². The molecule has 0 amide bonds. The molecule has 1 atom stereocenters. The molecule has 1 rings (SSSR count). The second-order valence-corrected chi connectivity index (χ2v) is 10.6. The molecule has 0 saturated heterocycles. The first-order chi connectivity index (χ1) is 15.2. The van der Waals surface area contributed by atoms with E-state index in [1.807, 2.05) is 30.3 Å². The fraction of sp³-hybridized carbons (Fsp3) is 0.760. The highest BCUT2D eigenvalue weighted by atomic mass is 79.9. The number of unbranched alkanes of at least 4 members (excludes halogenated alkanes) is 13. The first-order valence-corrected chi connectivity index (χ1v) is 14.9. The van der Waals surface area contributed by atoms with Crippen molar-refractivity contribution in [3.63, 3.8) is 0 Å². The quantitative estimate of drug-likeness (QED) is 0.0870. The van der Waals surface area contributed by atoms with Crippen LogP contribution in [0.2, 0.25) is 0 Å². The summed E-state index contributed by atoms with van der Waals surface area (Å²) in [6, 6.07) is 9.67. The molecule has 0 aromatic heterocycles. The lowest BCUT2D eigenvalue weighted by Gasteiger charge is -2.17. The Balaban J connectivity index is 2.02. The summed E-state index contributed by atoms with van der Waals surface area (Å²) in [5, 5.41) is 0.591. The molecule has 0 bridgehead atoms. The van der Waals surface area contributed by atoms with Crippen LogP contribution in [0.5, 0.6) is 0 Å². The lowest BCUT2D eigenvalue weighted by atomic mass is 10.0. The summed E-state index contributed by atoms with van der Waals surface area (Å²) in [6.07, 6.45) is 18.3. The van der Waals surface area contributed by atoms with E-state index in [-0.39, 0.29) is 6.61 Å². The van der Waals surface area contributed by atoms with Crippen molar-refractivity contribution in [2.24, 2.45) is 0 Å². The molecular weight excluding hydrogens is 475 g/mol. The maximum Gasteiger partial charge on any atom is 0.475 e. The van der Waals surface area contributed by atoms with Crippen LogP contribution in [0.1, 0.15) is 102 Å². The zero-order valence-electron chi connectivity index (χ0n) is 19.6. The van der Waals surface area contributed by atoms with Crippen LogP contribution in [-0.4, -0.2) is 18.5 Å². The largest absolute Gasteiger partial charge is 0.475 e. The van der Waals surface area contributed by atoms with Gasteiger partial charge in [0.1, 0.15) is 0 Å². The van der Waals surface area contributed by atoms with Gasteiger partial charge in [0.2, 0.25) is 0 Å². The summed E-state index contributed by atoms with van der Waals surface area (Å²) >= 11 is 3.29. The zero-order valence-corrected chi connectivity index (χ0v) is 22.1. The van der Waals surface area contributed by atoms with Gasteiger partial charge in [0.25, 0.3) is 0 Å². The third-order valence-corrected chi connectivity index (χ3v) is 7.07. The number of benzene rings is 1. The second-order valence-electron chi connectivity index (χ2n) is 8.16. The van der Waals surface area contributed by atoms with Crippen molar-refractivity contribution in [1.82, 2.24) is 0 Å². The Hall–Kier alpha value is -0.190. The SMILES string of the molecule is CCCCCCCCCCCCCCCCOP(=O)(OCCBr)OCc1ccccc1. The summed E-state index contributed by atoms with van der Waals surface area (Å²) in [5.41, 5.74) is 0.949. The molecule has 0 aliphatic carbocycles. The van der Waals surface area contributed by atoms with Crippen LogP contribution < -0.4 is 0 Å². The fourth-order valence-corrected chi connectivity index (χ4v) is 5.07. The third kappa shape index (κ3) is 17.0. The predicted octanol–water partition coefficient (Wildman–Crippen LogP) is 9.22. The first kappa shape index (κ1) is 28.8. The molecule has 0 fully saturated rings.